The normalized spacial score (nSPS) is 11.8. The molecule has 4 nitrogen and oxygen atoms in total. The summed E-state index contributed by atoms with van der Waals surface area (Å²) in [6.07, 6.45) is -4.61. The first-order valence-electron chi connectivity index (χ1n) is 4.06. The molecule has 0 radical (unpaired) electrons. The van der Waals surface area contributed by atoms with Gasteiger partial charge in [-0.2, -0.15) is 21.6 Å². The van der Waals surface area contributed by atoms with Crippen molar-refractivity contribution in [3.8, 4) is 5.75 Å². The number of hydrogen-bond acceptors (Lipinski definition) is 3. The van der Waals surface area contributed by atoms with Crippen molar-refractivity contribution in [1.29, 1.82) is 0 Å². The Hall–Kier alpha value is 0.646. The van der Waals surface area contributed by atoms with Gasteiger partial charge in [-0.3, -0.25) is 4.55 Å². The topological polar surface area (TPSA) is 63.6 Å². The van der Waals surface area contributed by atoms with Gasteiger partial charge in [0.2, 0.25) is 0 Å². The van der Waals surface area contributed by atoms with Crippen LogP contribution >= 0.6 is 11.6 Å². The van der Waals surface area contributed by atoms with Gasteiger partial charge in [-0.15, -0.1) is 0 Å². The Balaban J connectivity index is 0.00000289. The van der Waals surface area contributed by atoms with Gasteiger partial charge in [0.25, 0.3) is 10.1 Å². The summed E-state index contributed by atoms with van der Waals surface area (Å²) in [6, 6.07) is 2.86. The Bertz CT molecular complexity index is 518. The van der Waals surface area contributed by atoms with E-state index in [2.05, 4.69) is 4.74 Å². The summed E-state index contributed by atoms with van der Waals surface area (Å²) in [5.74, 6) is -0.616. The molecule has 0 saturated heterocycles. The van der Waals surface area contributed by atoms with Crippen molar-refractivity contribution < 1.29 is 30.9 Å². The van der Waals surface area contributed by atoms with E-state index in [1.165, 1.54) is 0 Å². The fourth-order valence-corrected chi connectivity index (χ4v) is 1.86. The minimum atomic E-state index is -4.70. The molecule has 1 aromatic rings. The van der Waals surface area contributed by atoms with Gasteiger partial charge in [-0.25, -0.2) is 0 Å². The number of benzene rings is 1. The quantitative estimate of drug-likeness (QED) is 0.679. The molecule has 98 valence electrons. The van der Waals surface area contributed by atoms with Crippen molar-refractivity contribution >= 4 is 73.1 Å². The zero-order valence-electron chi connectivity index (χ0n) is 8.03. The van der Waals surface area contributed by atoms with Crippen LogP contribution in [-0.2, 0) is 10.1 Å². The number of ether oxygens (including phenoxy) is 1. The van der Waals surface area contributed by atoms with Crippen LogP contribution < -0.4 is 4.74 Å². The molecule has 10 heteroatoms. The predicted octanol–water partition coefficient (Wildman–Crippen LogP) is 1.88. The molecule has 0 aliphatic carbocycles. The number of alkyl halides is 3. The van der Waals surface area contributed by atoms with E-state index in [9.17, 15) is 21.6 Å². The first kappa shape index (κ1) is 18.6. The second-order valence-corrected chi connectivity index (χ2v) is 4.80. The average molecular weight is 331 g/mol. The van der Waals surface area contributed by atoms with Crippen molar-refractivity contribution in [1.82, 2.24) is 0 Å². The Labute approximate surface area is 149 Å². The predicted molar refractivity (Wildman–Crippen MR) is 60.0 cm³/mol. The second kappa shape index (κ2) is 6.89. The fourth-order valence-electron chi connectivity index (χ4n) is 0.962. The average Bonchev–Trinajstić information content (AvgIpc) is 2.13. The second-order valence-electron chi connectivity index (χ2n) is 2.97. The standard InChI is InChI=1S/C8H6ClF3O4S.K.H/c9-5-1-2-6(16-4-8(10,11)12)7(3-5)17(13,14)15;;/h1-3H,4H2,(H,13,14,15);;. The van der Waals surface area contributed by atoms with E-state index in [-0.39, 0.29) is 56.4 Å². The van der Waals surface area contributed by atoms with Crippen LogP contribution in [0.4, 0.5) is 13.2 Å². The molecule has 0 saturated carbocycles. The molecule has 1 rings (SSSR count). The Morgan fingerprint density at radius 3 is 2.33 bits per heavy atom. The molecule has 0 aliphatic rings. The molecule has 0 aliphatic heterocycles. The van der Waals surface area contributed by atoms with E-state index in [1.807, 2.05) is 0 Å². The van der Waals surface area contributed by atoms with Crippen LogP contribution in [0.15, 0.2) is 23.1 Å². The number of hydrogen-bond donors (Lipinski definition) is 1. The first-order chi connectivity index (χ1) is 7.59. The van der Waals surface area contributed by atoms with Crippen molar-refractivity contribution in [2.75, 3.05) is 6.61 Å². The fraction of sp³-hybridized carbons (Fsp3) is 0.250. The van der Waals surface area contributed by atoms with Gasteiger partial charge < -0.3 is 4.74 Å². The number of halogens is 4. The maximum absolute atomic E-state index is 11.9. The van der Waals surface area contributed by atoms with Gasteiger partial charge in [0.05, 0.1) is 0 Å². The summed E-state index contributed by atoms with van der Waals surface area (Å²) in [7, 11) is -4.70. The Kier molecular flexibility index (Phi) is 7.13. The molecule has 1 aromatic carbocycles. The first-order valence-corrected chi connectivity index (χ1v) is 5.88. The Morgan fingerprint density at radius 2 is 1.89 bits per heavy atom. The van der Waals surface area contributed by atoms with Crippen LogP contribution in [0.5, 0.6) is 5.75 Å². The third-order valence-electron chi connectivity index (χ3n) is 1.58. The van der Waals surface area contributed by atoms with E-state index >= 15 is 0 Å². The van der Waals surface area contributed by atoms with Crippen LogP contribution in [0, 0.1) is 0 Å². The van der Waals surface area contributed by atoms with E-state index in [4.69, 9.17) is 16.2 Å². The van der Waals surface area contributed by atoms with Gasteiger partial charge in [-0.1, -0.05) is 11.6 Å². The van der Waals surface area contributed by atoms with Gasteiger partial charge >= 0.3 is 57.6 Å². The monoisotopic (exact) mass is 330 g/mol. The van der Waals surface area contributed by atoms with Gasteiger partial charge in [0, 0.05) is 5.02 Å². The van der Waals surface area contributed by atoms with Crippen LogP contribution in [0.25, 0.3) is 0 Å². The Morgan fingerprint density at radius 1 is 1.33 bits per heavy atom. The third-order valence-corrected chi connectivity index (χ3v) is 2.68. The van der Waals surface area contributed by atoms with E-state index in [0.29, 0.717) is 0 Å². The summed E-state index contributed by atoms with van der Waals surface area (Å²) >= 11 is 5.46. The van der Waals surface area contributed by atoms with Crippen molar-refractivity contribution in [3.63, 3.8) is 0 Å². The van der Waals surface area contributed by atoms with E-state index in [0.717, 1.165) is 18.2 Å². The minimum absolute atomic E-state index is 0. The SMILES string of the molecule is O=S(=O)(O)c1cc(Cl)ccc1OCC(F)(F)F.[KH]. The van der Waals surface area contributed by atoms with Gasteiger partial charge in [0.1, 0.15) is 10.6 Å². The molecule has 18 heavy (non-hydrogen) atoms. The summed E-state index contributed by atoms with van der Waals surface area (Å²) in [4.78, 5) is -0.811. The zero-order valence-corrected chi connectivity index (χ0v) is 9.60. The van der Waals surface area contributed by atoms with Crippen LogP contribution in [0.2, 0.25) is 5.02 Å². The molecule has 0 heterocycles. The summed E-state index contributed by atoms with van der Waals surface area (Å²) in [5.41, 5.74) is 0. The van der Waals surface area contributed by atoms with Gasteiger partial charge in [0.15, 0.2) is 6.61 Å². The van der Waals surface area contributed by atoms with E-state index < -0.39 is 33.5 Å². The molecule has 0 unspecified atom stereocenters. The van der Waals surface area contributed by atoms with Crippen LogP contribution in [0.1, 0.15) is 0 Å². The molecule has 0 fully saturated rings. The number of rotatable bonds is 3. The molecule has 0 bridgehead atoms. The van der Waals surface area contributed by atoms with Crippen molar-refractivity contribution in [2.45, 2.75) is 11.1 Å². The zero-order chi connectivity index (χ0) is 13.3. The third kappa shape index (κ3) is 6.20. The van der Waals surface area contributed by atoms with Gasteiger partial charge in [-0.05, 0) is 18.2 Å². The molecular weight excluding hydrogens is 324 g/mol. The van der Waals surface area contributed by atoms with Crippen molar-refractivity contribution in [2.24, 2.45) is 0 Å². The van der Waals surface area contributed by atoms with Crippen LogP contribution in [-0.4, -0.2) is 77.1 Å². The van der Waals surface area contributed by atoms with Crippen LogP contribution in [0.3, 0.4) is 0 Å². The molecule has 0 atom stereocenters. The maximum atomic E-state index is 11.9. The molecule has 0 aromatic heterocycles. The summed E-state index contributed by atoms with van der Waals surface area (Å²) in [6.45, 7) is -1.67. The van der Waals surface area contributed by atoms with Crippen molar-refractivity contribution in [3.05, 3.63) is 23.2 Å². The molecule has 0 spiro atoms. The molecule has 0 amide bonds. The van der Waals surface area contributed by atoms with E-state index in [1.54, 1.807) is 0 Å². The summed E-state index contributed by atoms with van der Waals surface area (Å²) < 4.78 is 70.4. The summed E-state index contributed by atoms with van der Waals surface area (Å²) in [5, 5.41) is -0.0583. The molecule has 1 N–H and O–H groups in total. The molecular formula is C8H7ClF3KO4S.